The lowest BCUT2D eigenvalue weighted by Gasteiger charge is -2.39. The molecule has 9 heteroatoms. The highest BCUT2D eigenvalue weighted by Gasteiger charge is 2.65. The van der Waals surface area contributed by atoms with Crippen molar-refractivity contribution in [3.05, 3.63) is 35.9 Å². The third-order valence-electron chi connectivity index (χ3n) is 10.2. The van der Waals surface area contributed by atoms with Crippen molar-refractivity contribution in [2.24, 2.45) is 22.7 Å². The number of amides is 2. The first-order valence-corrected chi connectivity index (χ1v) is 15.8. The van der Waals surface area contributed by atoms with E-state index in [9.17, 15) is 22.8 Å². The number of fused-ring (bicyclic) bond motifs is 2. The van der Waals surface area contributed by atoms with Crippen LogP contribution in [0.3, 0.4) is 0 Å². The van der Waals surface area contributed by atoms with E-state index in [1.165, 1.54) is 4.31 Å². The Kier molecular flexibility index (Phi) is 7.46. The van der Waals surface area contributed by atoms with Crippen LogP contribution in [0.2, 0.25) is 0 Å². The van der Waals surface area contributed by atoms with Crippen molar-refractivity contribution in [3.63, 3.8) is 0 Å². The Morgan fingerprint density at radius 1 is 0.974 bits per heavy atom. The van der Waals surface area contributed by atoms with E-state index in [1.807, 2.05) is 18.2 Å². The van der Waals surface area contributed by atoms with E-state index in [0.29, 0.717) is 37.8 Å². The third-order valence-corrected chi connectivity index (χ3v) is 12.1. The minimum Gasteiger partial charge on any atom is -0.351 e. The van der Waals surface area contributed by atoms with Gasteiger partial charge in [0.15, 0.2) is 0 Å². The van der Waals surface area contributed by atoms with Gasteiger partial charge in [0, 0.05) is 42.6 Å². The average Bonchev–Trinajstić information content (AvgIpc) is 3.24. The van der Waals surface area contributed by atoms with Crippen LogP contribution >= 0.6 is 0 Å². The van der Waals surface area contributed by atoms with E-state index < -0.39 is 21.4 Å². The van der Waals surface area contributed by atoms with Gasteiger partial charge in [0.05, 0.1) is 11.7 Å². The molecule has 0 aromatic heterocycles. The van der Waals surface area contributed by atoms with E-state index in [4.69, 9.17) is 0 Å². The number of rotatable bonds is 7. The molecular weight excluding hydrogens is 502 g/mol. The SMILES string of the molecule is CC1(C)C2CC[C@@]1(CS(=O)(=O)N1CCCC(C(=O)N[C@@H]3CCCC[C@H]3NC(=O)c3ccccc3)C1)C(=O)C2. The van der Waals surface area contributed by atoms with Gasteiger partial charge in [0.25, 0.3) is 5.91 Å². The van der Waals surface area contributed by atoms with E-state index in [0.717, 1.165) is 32.1 Å². The number of ketones is 1. The van der Waals surface area contributed by atoms with Gasteiger partial charge in [0.1, 0.15) is 5.78 Å². The molecule has 0 radical (unpaired) electrons. The molecule has 3 aliphatic carbocycles. The normalized spacial score (nSPS) is 33.2. The highest BCUT2D eigenvalue weighted by molar-refractivity contribution is 7.89. The molecule has 1 heterocycles. The second-order valence-electron chi connectivity index (χ2n) is 12.5. The van der Waals surface area contributed by atoms with E-state index in [2.05, 4.69) is 24.5 Å². The molecule has 8 nitrogen and oxygen atoms in total. The lowest BCUT2D eigenvalue weighted by Crippen LogP contribution is -2.56. The summed E-state index contributed by atoms with van der Waals surface area (Å²) < 4.78 is 28.7. The molecule has 208 valence electrons. The second kappa shape index (κ2) is 10.4. The van der Waals surface area contributed by atoms with Crippen molar-refractivity contribution in [2.45, 2.75) is 83.7 Å². The smallest absolute Gasteiger partial charge is 0.251 e. The second-order valence-corrected chi connectivity index (χ2v) is 14.4. The Bertz CT molecular complexity index is 1180. The molecule has 38 heavy (non-hydrogen) atoms. The Morgan fingerprint density at radius 3 is 2.29 bits per heavy atom. The standard InChI is InChI=1S/C29H41N3O5S/c1-28(2)22-14-15-29(28,25(33)17-22)19-38(36,37)32-16-8-11-21(18-32)27(35)31-24-13-7-6-12-23(24)30-26(34)20-9-4-3-5-10-20/h3-5,9-10,21-24H,6-8,11-19H2,1-2H3,(H,30,34)(H,31,35)/t21?,22?,23-,24-,29-/m1/s1. The topological polar surface area (TPSA) is 113 Å². The molecule has 1 aliphatic heterocycles. The minimum atomic E-state index is -3.70. The zero-order valence-corrected chi connectivity index (χ0v) is 23.4. The first-order chi connectivity index (χ1) is 18.0. The maximum atomic E-state index is 13.6. The molecule has 0 spiro atoms. The fourth-order valence-electron chi connectivity index (χ4n) is 7.54. The summed E-state index contributed by atoms with van der Waals surface area (Å²) in [7, 11) is -3.70. The van der Waals surface area contributed by atoms with Gasteiger partial charge < -0.3 is 10.6 Å². The first kappa shape index (κ1) is 27.3. The molecule has 4 fully saturated rings. The highest BCUT2D eigenvalue weighted by Crippen LogP contribution is 2.64. The zero-order chi connectivity index (χ0) is 27.1. The number of hydrogen-bond donors (Lipinski definition) is 2. The van der Waals surface area contributed by atoms with Gasteiger partial charge in [-0.2, -0.15) is 0 Å². The summed E-state index contributed by atoms with van der Waals surface area (Å²) in [6, 6.07) is 8.72. The molecule has 4 aliphatic rings. The number of hydrogen-bond acceptors (Lipinski definition) is 5. The Hall–Kier alpha value is -2.26. The maximum absolute atomic E-state index is 13.6. The zero-order valence-electron chi connectivity index (χ0n) is 22.6. The molecule has 2 N–H and O–H groups in total. The fraction of sp³-hybridized carbons (Fsp3) is 0.690. The number of carbonyl (C=O) groups is 3. The van der Waals surface area contributed by atoms with Crippen LogP contribution in [0.25, 0.3) is 0 Å². The lowest BCUT2D eigenvalue weighted by molar-refractivity contribution is -0.128. The van der Waals surface area contributed by atoms with Crippen LogP contribution in [0, 0.1) is 22.7 Å². The molecule has 3 saturated carbocycles. The monoisotopic (exact) mass is 543 g/mol. The number of sulfonamides is 1. The summed E-state index contributed by atoms with van der Waals surface area (Å²) in [5.41, 5.74) is -0.532. The van der Waals surface area contributed by atoms with Crippen molar-refractivity contribution in [1.29, 1.82) is 0 Å². The Labute approximate surface area is 226 Å². The Balaban J connectivity index is 1.22. The van der Waals surface area contributed by atoms with Crippen LogP contribution in [-0.2, 0) is 19.6 Å². The number of nitrogens with zero attached hydrogens (tertiary/aromatic N) is 1. The molecule has 5 rings (SSSR count). The maximum Gasteiger partial charge on any atom is 0.251 e. The largest absolute Gasteiger partial charge is 0.351 e. The molecule has 2 amide bonds. The van der Waals surface area contributed by atoms with Crippen molar-refractivity contribution >= 4 is 27.6 Å². The Morgan fingerprint density at radius 2 is 1.66 bits per heavy atom. The molecular formula is C29H41N3O5S. The minimum absolute atomic E-state index is 0.0921. The van der Waals surface area contributed by atoms with Crippen molar-refractivity contribution < 1.29 is 22.8 Å². The summed E-state index contributed by atoms with van der Waals surface area (Å²) in [5, 5.41) is 6.26. The van der Waals surface area contributed by atoms with Gasteiger partial charge in [0.2, 0.25) is 15.9 Å². The summed E-state index contributed by atoms with van der Waals surface area (Å²) in [6.45, 7) is 4.64. The van der Waals surface area contributed by atoms with E-state index in [-0.39, 0.29) is 53.3 Å². The summed E-state index contributed by atoms with van der Waals surface area (Å²) in [6.07, 6.45) is 6.80. The number of Topliss-reactive ketones (excluding diaryl/α,β-unsaturated/α-hetero) is 1. The van der Waals surface area contributed by atoms with Crippen LogP contribution in [0.1, 0.15) is 82.0 Å². The number of nitrogens with one attached hydrogen (secondary N) is 2. The quantitative estimate of drug-likeness (QED) is 0.548. The molecule has 1 saturated heterocycles. The van der Waals surface area contributed by atoms with Crippen LogP contribution in [0.15, 0.2) is 30.3 Å². The van der Waals surface area contributed by atoms with E-state index >= 15 is 0 Å². The molecule has 1 aromatic carbocycles. The predicted molar refractivity (Wildman–Crippen MR) is 145 cm³/mol. The molecule has 5 atom stereocenters. The summed E-state index contributed by atoms with van der Waals surface area (Å²) >= 11 is 0. The van der Waals surface area contributed by atoms with Gasteiger partial charge in [-0.05, 0) is 62.0 Å². The fourth-order valence-corrected chi connectivity index (χ4v) is 9.84. The van der Waals surface area contributed by atoms with Gasteiger partial charge in [-0.1, -0.05) is 44.9 Å². The third kappa shape index (κ3) is 4.92. The highest BCUT2D eigenvalue weighted by atomic mass is 32.2. The van der Waals surface area contributed by atoms with Gasteiger partial charge in [-0.3, -0.25) is 14.4 Å². The van der Waals surface area contributed by atoms with Gasteiger partial charge >= 0.3 is 0 Å². The number of piperidine rings is 1. The molecule has 1 aromatic rings. The van der Waals surface area contributed by atoms with Crippen molar-refractivity contribution in [3.8, 4) is 0 Å². The van der Waals surface area contributed by atoms with E-state index in [1.54, 1.807) is 12.1 Å². The summed E-state index contributed by atoms with van der Waals surface area (Å²) in [4.78, 5) is 39.1. The first-order valence-electron chi connectivity index (χ1n) is 14.2. The van der Waals surface area contributed by atoms with Crippen molar-refractivity contribution in [2.75, 3.05) is 18.8 Å². The van der Waals surface area contributed by atoms with Crippen LogP contribution in [0.4, 0.5) is 0 Å². The van der Waals surface area contributed by atoms with Crippen LogP contribution in [0.5, 0.6) is 0 Å². The van der Waals surface area contributed by atoms with Gasteiger partial charge in [-0.25, -0.2) is 12.7 Å². The molecule has 2 bridgehead atoms. The number of benzene rings is 1. The number of carbonyl (C=O) groups excluding carboxylic acids is 3. The van der Waals surface area contributed by atoms with Crippen LogP contribution in [-0.4, -0.2) is 61.2 Å². The van der Waals surface area contributed by atoms with Crippen molar-refractivity contribution in [1.82, 2.24) is 14.9 Å². The summed E-state index contributed by atoms with van der Waals surface area (Å²) in [5.74, 6) is -0.526. The molecule has 2 unspecified atom stereocenters. The average molecular weight is 544 g/mol. The lowest BCUT2D eigenvalue weighted by atomic mass is 9.70. The van der Waals surface area contributed by atoms with Gasteiger partial charge in [-0.15, -0.1) is 0 Å². The van der Waals surface area contributed by atoms with Crippen LogP contribution < -0.4 is 10.6 Å². The predicted octanol–water partition coefficient (Wildman–Crippen LogP) is 3.28.